The van der Waals surface area contributed by atoms with Gasteiger partial charge in [-0.25, -0.2) is 10.4 Å². The average Bonchev–Trinajstić information content (AvgIpc) is 3.07. The molecule has 3 heterocycles. The number of ether oxygens (including phenoxy) is 3. The highest BCUT2D eigenvalue weighted by atomic mass is 16.7. The molecule has 0 saturated carbocycles. The minimum Gasteiger partial charge on any atom is -0.394 e. The van der Waals surface area contributed by atoms with Crippen LogP contribution < -0.4 is 5.43 Å². The second-order valence-corrected chi connectivity index (χ2v) is 8.18. The number of benzene rings is 1. The second kappa shape index (κ2) is 9.88. The number of hydrogen-bond donors (Lipinski definition) is 8. The maximum absolute atomic E-state index is 12.6. The first-order valence-corrected chi connectivity index (χ1v) is 10.5. The van der Waals surface area contributed by atoms with E-state index >= 15 is 0 Å². The van der Waals surface area contributed by atoms with Gasteiger partial charge in [0.25, 0.3) is 11.8 Å². The zero-order valence-corrected chi connectivity index (χ0v) is 17.6. The van der Waals surface area contributed by atoms with Crippen molar-refractivity contribution in [1.82, 2.24) is 10.4 Å². The summed E-state index contributed by atoms with van der Waals surface area (Å²) < 4.78 is 16.1. The Morgan fingerprint density at radius 3 is 1.97 bits per heavy atom. The third-order valence-corrected chi connectivity index (χ3v) is 6.08. The molecule has 4 rings (SSSR count). The second-order valence-electron chi connectivity index (χ2n) is 8.18. The molecule has 0 spiro atoms. The summed E-state index contributed by atoms with van der Waals surface area (Å²) in [5, 5.41) is 71.0. The first-order chi connectivity index (χ1) is 16.2. The molecule has 34 heavy (non-hydrogen) atoms. The van der Waals surface area contributed by atoms with Crippen LogP contribution in [0.5, 0.6) is 0 Å². The Balaban J connectivity index is 1.53. The molecule has 8 N–H and O–H groups in total. The van der Waals surface area contributed by atoms with E-state index < -0.39 is 86.4 Å². The highest BCUT2D eigenvalue weighted by Crippen LogP contribution is 2.30. The van der Waals surface area contributed by atoms with E-state index in [9.17, 15) is 45.3 Å². The van der Waals surface area contributed by atoms with Gasteiger partial charge in [0, 0.05) is 0 Å². The van der Waals surface area contributed by atoms with Gasteiger partial charge in [0.2, 0.25) is 0 Å². The summed E-state index contributed by atoms with van der Waals surface area (Å²) in [7, 11) is 0. The SMILES string of the molecule is O=C1c2ccccc2C(=O)N1N[C@H]1C(O)O[C@H](CO)[C@@H](O[C@@H]2O[C@H](CO)[C@H](O)[C@H](O)[C@H]2O)[C@@H]1O. The van der Waals surface area contributed by atoms with Crippen molar-refractivity contribution >= 4 is 11.8 Å². The van der Waals surface area contributed by atoms with Crippen LogP contribution in [-0.4, -0.2) is 127 Å². The monoisotopic (exact) mass is 486 g/mol. The Labute approximate surface area is 192 Å². The third-order valence-electron chi connectivity index (χ3n) is 6.08. The van der Waals surface area contributed by atoms with Gasteiger partial charge in [-0.15, -0.1) is 0 Å². The Hall–Kier alpha value is -2.08. The van der Waals surface area contributed by atoms with Crippen LogP contribution in [0, 0.1) is 0 Å². The third kappa shape index (κ3) is 4.23. The predicted octanol–water partition coefficient (Wildman–Crippen LogP) is -4.59. The quantitative estimate of drug-likeness (QED) is 0.178. The predicted molar refractivity (Wildman–Crippen MR) is 106 cm³/mol. The van der Waals surface area contributed by atoms with Gasteiger partial charge < -0.3 is 50.0 Å². The highest BCUT2D eigenvalue weighted by molar-refractivity contribution is 6.20. The van der Waals surface area contributed by atoms with E-state index in [1.807, 2.05) is 0 Å². The van der Waals surface area contributed by atoms with E-state index in [2.05, 4.69) is 5.43 Å². The Morgan fingerprint density at radius 1 is 0.824 bits per heavy atom. The molecule has 1 aromatic rings. The van der Waals surface area contributed by atoms with Crippen molar-refractivity contribution in [2.24, 2.45) is 0 Å². The van der Waals surface area contributed by atoms with Gasteiger partial charge in [-0.1, -0.05) is 12.1 Å². The lowest BCUT2D eigenvalue weighted by Crippen LogP contribution is -2.68. The van der Waals surface area contributed by atoms with Crippen LogP contribution in [-0.2, 0) is 14.2 Å². The van der Waals surface area contributed by atoms with Gasteiger partial charge in [0.15, 0.2) is 12.6 Å². The minimum absolute atomic E-state index is 0.114. The van der Waals surface area contributed by atoms with Gasteiger partial charge in [-0.3, -0.25) is 9.59 Å². The normalized spacial score (nSPS) is 40.5. The van der Waals surface area contributed by atoms with E-state index in [1.165, 1.54) is 12.1 Å². The van der Waals surface area contributed by atoms with Crippen molar-refractivity contribution in [1.29, 1.82) is 0 Å². The fourth-order valence-electron chi connectivity index (χ4n) is 4.18. The summed E-state index contributed by atoms with van der Waals surface area (Å²) in [5.41, 5.74) is 2.67. The molecular formula is C20H26N2O12. The van der Waals surface area contributed by atoms with E-state index in [-0.39, 0.29) is 11.1 Å². The summed E-state index contributed by atoms with van der Waals surface area (Å²) in [4.78, 5) is 25.3. The molecule has 2 saturated heterocycles. The van der Waals surface area contributed by atoms with E-state index in [1.54, 1.807) is 12.1 Å². The number of imide groups is 1. The van der Waals surface area contributed by atoms with Crippen molar-refractivity contribution in [3.05, 3.63) is 35.4 Å². The van der Waals surface area contributed by atoms with Gasteiger partial charge in [0.1, 0.15) is 48.8 Å². The van der Waals surface area contributed by atoms with E-state index in [0.717, 1.165) is 0 Å². The fourth-order valence-corrected chi connectivity index (χ4v) is 4.18. The minimum atomic E-state index is -1.81. The van der Waals surface area contributed by atoms with Crippen molar-refractivity contribution in [2.75, 3.05) is 13.2 Å². The lowest BCUT2D eigenvalue weighted by molar-refractivity contribution is -0.346. The van der Waals surface area contributed by atoms with Crippen LogP contribution in [0.2, 0.25) is 0 Å². The van der Waals surface area contributed by atoms with Gasteiger partial charge in [-0.2, -0.15) is 0 Å². The summed E-state index contributed by atoms with van der Waals surface area (Å²) in [6.07, 6.45) is -14.6. The molecule has 14 heteroatoms. The smallest absolute Gasteiger partial charge is 0.276 e. The number of amides is 2. The lowest BCUT2D eigenvalue weighted by Gasteiger charge is -2.46. The molecule has 0 aliphatic carbocycles. The van der Waals surface area contributed by atoms with Crippen molar-refractivity contribution in [3.8, 4) is 0 Å². The molecule has 188 valence electrons. The summed E-state index contributed by atoms with van der Waals surface area (Å²) in [6.45, 7) is -1.48. The first kappa shape index (κ1) is 25.0. The number of carbonyl (C=O) groups excluding carboxylic acids is 2. The van der Waals surface area contributed by atoms with E-state index in [0.29, 0.717) is 5.01 Å². The van der Waals surface area contributed by atoms with Crippen LogP contribution in [0.4, 0.5) is 0 Å². The standard InChI is InChI=1S/C20H26N2O12/c23-5-9-12(25)14(27)15(28)20(33-9)34-16-10(6-24)32-19(31)11(13(16)26)21-22-17(29)7-3-1-2-4-8(7)18(22)30/h1-4,9-16,19-21,23-28,31H,5-6H2/t9-,10-,11-,12+,13-,14+,15-,16-,19?,20+/m1/s1. The molecular weight excluding hydrogens is 460 g/mol. The molecule has 2 fully saturated rings. The molecule has 0 radical (unpaired) electrons. The topological polar surface area (TPSA) is 219 Å². The zero-order valence-electron chi connectivity index (χ0n) is 17.6. The molecule has 3 aliphatic rings. The Bertz CT molecular complexity index is 880. The number of carbonyl (C=O) groups is 2. The number of hydrazine groups is 1. The van der Waals surface area contributed by atoms with E-state index in [4.69, 9.17) is 14.2 Å². The van der Waals surface area contributed by atoms with Crippen LogP contribution in [0.25, 0.3) is 0 Å². The molecule has 0 bridgehead atoms. The van der Waals surface area contributed by atoms with Crippen LogP contribution >= 0.6 is 0 Å². The van der Waals surface area contributed by atoms with Gasteiger partial charge >= 0.3 is 0 Å². The summed E-state index contributed by atoms with van der Waals surface area (Å²) in [5.74, 6) is -1.45. The van der Waals surface area contributed by atoms with Crippen molar-refractivity contribution in [3.63, 3.8) is 0 Å². The number of aliphatic hydroxyl groups is 7. The summed E-state index contributed by atoms with van der Waals surface area (Å²) >= 11 is 0. The molecule has 1 aromatic carbocycles. The zero-order chi connectivity index (χ0) is 24.7. The number of fused-ring (bicyclic) bond motifs is 1. The summed E-state index contributed by atoms with van der Waals surface area (Å²) in [6, 6.07) is 4.50. The average molecular weight is 486 g/mol. The molecule has 3 aliphatic heterocycles. The number of nitrogens with zero attached hydrogens (tertiary/aromatic N) is 1. The van der Waals surface area contributed by atoms with Crippen LogP contribution in [0.1, 0.15) is 20.7 Å². The van der Waals surface area contributed by atoms with Gasteiger partial charge in [0.05, 0.1) is 24.3 Å². The number of rotatable bonds is 6. The van der Waals surface area contributed by atoms with Crippen LogP contribution in [0.3, 0.4) is 0 Å². The maximum atomic E-state index is 12.6. The molecule has 0 aromatic heterocycles. The Kier molecular flexibility index (Phi) is 7.28. The fraction of sp³-hybridized carbons (Fsp3) is 0.600. The van der Waals surface area contributed by atoms with Crippen molar-refractivity contribution < 1.29 is 59.5 Å². The van der Waals surface area contributed by atoms with Crippen LogP contribution in [0.15, 0.2) is 24.3 Å². The van der Waals surface area contributed by atoms with Gasteiger partial charge in [-0.05, 0) is 12.1 Å². The largest absolute Gasteiger partial charge is 0.394 e. The number of nitrogens with one attached hydrogen (secondary N) is 1. The first-order valence-electron chi connectivity index (χ1n) is 10.5. The molecule has 1 unspecified atom stereocenters. The maximum Gasteiger partial charge on any atom is 0.276 e. The number of hydrogen-bond acceptors (Lipinski definition) is 13. The lowest BCUT2D eigenvalue weighted by atomic mass is 9.96. The molecule has 14 nitrogen and oxygen atoms in total. The number of aliphatic hydroxyl groups excluding tert-OH is 7. The Morgan fingerprint density at radius 2 is 1.41 bits per heavy atom. The highest BCUT2D eigenvalue weighted by Gasteiger charge is 2.51. The molecule has 2 amide bonds. The molecule has 10 atom stereocenters. The van der Waals surface area contributed by atoms with Crippen molar-refractivity contribution in [2.45, 2.75) is 61.3 Å².